The minimum absolute atomic E-state index is 0. The molecule has 0 N–H and O–H groups in total. The number of ether oxygens (including phenoxy) is 1. The molecule has 0 amide bonds. The second kappa shape index (κ2) is 9.52. The third kappa shape index (κ3) is 10.7. The van der Waals surface area contributed by atoms with Crippen LogP contribution < -0.4 is 0 Å². The van der Waals surface area contributed by atoms with Crippen molar-refractivity contribution in [2.45, 2.75) is 6.42 Å². The summed E-state index contributed by atoms with van der Waals surface area (Å²) < 4.78 is 4.55. The maximum atomic E-state index is 9.48. The molecule has 0 aliphatic heterocycles. The number of hydrogen-bond acceptors (Lipinski definition) is 2. The van der Waals surface area contributed by atoms with Gasteiger partial charge in [-0.05, 0) is 0 Å². The zero-order chi connectivity index (χ0) is 4.83. The van der Waals surface area contributed by atoms with Gasteiger partial charge >= 0.3 is 18.9 Å². The molecule has 38 valence electrons. The molecule has 0 aliphatic rings. The van der Waals surface area contributed by atoms with Crippen molar-refractivity contribution in [2.24, 2.45) is 0 Å². The van der Waals surface area contributed by atoms with Gasteiger partial charge < -0.3 is 9.53 Å². The summed E-state index contributed by atoms with van der Waals surface area (Å²) in [6.45, 7) is 0.545. The fourth-order valence-electron chi connectivity index (χ4n) is 0.166. The van der Waals surface area contributed by atoms with E-state index in [1.165, 1.54) is 0 Å². The van der Waals surface area contributed by atoms with Crippen LogP contribution in [0.4, 0.5) is 0 Å². The Morgan fingerprint density at radius 3 is 2.43 bits per heavy atom. The van der Waals surface area contributed by atoms with Crippen molar-refractivity contribution >= 4 is 25.1 Å². The molecule has 7 heavy (non-hydrogen) atoms. The van der Waals surface area contributed by atoms with Crippen LogP contribution in [0.25, 0.3) is 0 Å². The van der Waals surface area contributed by atoms with Crippen LogP contribution in [0.5, 0.6) is 0 Å². The first-order chi connectivity index (χ1) is 2.91. The molecule has 0 atom stereocenters. The van der Waals surface area contributed by atoms with Crippen LogP contribution in [0.2, 0.25) is 0 Å². The first kappa shape index (κ1) is 10.3. The Morgan fingerprint density at radius 2 is 2.29 bits per heavy atom. The van der Waals surface area contributed by atoms with Gasteiger partial charge in [0.25, 0.3) is 0 Å². The van der Waals surface area contributed by atoms with Crippen LogP contribution >= 0.6 is 0 Å². The maximum absolute atomic E-state index is 9.48. The number of rotatable bonds is 3. The number of carbonyl (C=O) groups excluding carboxylic acids is 1. The van der Waals surface area contributed by atoms with Gasteiger partial charge in [0.15, 0.2) is 0 Å². The zero-order valence-electron chi connectivity index (χ0n) is 3.81. The van der Waals surface area contributed by atoms with Crippen molar-refractivity contribution in [3.05, 3.63) is 0 Å². The van der Waals surface area contributed by atoms with Crippen LogP contribution in [0.1, 0.15) is 6.42 Å². The van der Waals surface area contributed by atoms with Crippen molar-refractivity contribution in [2.75, 3.05) is 13.7 Å². The summed E-state index contributed by atoms with van der Waals surface area (Å²) in [5.74, 6) is 0. The Bertz CT molecular complexity index is 38.7. The van der Waals surface area contributed by atoms with E-state index in [2.05, 4.69) is 4.74 Å². The SMILES string of the molecule is COCCC=O.[LiH]. The Hall–Kier alpha value is 0.227. The van der Waals surface area contributed by atoms with Gasteiger partial charge in [-0.15, -0.1) is 0 Å². The zero-order valence-corrected chi connectivity index (χ0v) is 3.81. The van der Waals surface area contributed by atoms with E-state index < -0.39 is 0 Å². The summed E-state index contributed by atoms with van der Waals surface area (Å²) in [6, 6.07) is 0. The molecule has 0 saturated heterocycles. The van der Waals surface area contributed by atoms with Crippen LogP contribution in [-0.4, -0.2) is 38.9 Å². The number of methoxy groups -OCH3 is 1. The second-order valence-electron chi connectivity index (χ2n) is 0.948. The van der Waals surface area contributed by atoms with E-state index in [4.69, 9.17) is 0 Å². The molecule has 2 nitrogen and oxygen atoms in total. The van der Waals surface area contributed by atoms with Crippen molar-refractivity contribution < 1.29 is 9.53 Å². The standard InChI is InChI=1S/C4H8O2.Li.H/c1-6-4-2-3-5;;/h3H,2,4H2,1H3;;. The molecule has 0 fully saturated rings. The molecule has 0 saturated carbocycles. The van der Waals surface area contributed by atoms with Crippen LogP contribution in [0, 0.1) is 0 Å². The van der Waals surface area contributed by atoms with Gasteiger partial charge in [-0.1, -0.05) is 0 Å². The van der Waals surface area contributed by atoms with Gasteiger partial charge in [-0.3, -0.25) is 0 Å². The van der Waals surface area contributed by atoms with E-state index in [0.29, 0.717) is 13.0 Å². The Labute approximate surface area is 55.4 Å². The minimum atomic E-state index is 0. The van der Waals surface area contributed by atoms with Crippen molar-refractivity contribution in [3.63, 3.8) is 0 Å². The fourth-order valence-corrected chi connectivity index (χ4v) is 0.166. The predicted molar refractivity (Wildman–Crippen MR) is 29.7 cm³/mol. The molecule has 0 unspecified atom stereocenters. The van der Waals surface area contributed by atoms with Gasteiger partial charge in [0.2, 0.25) is 0 Å². The molecule has 0 radical (unpaired) electrons. The van der Waals surface area contributed by atoms with Gasteiger partial charge in [-0.25, -0.2) is 0 Å². The average molecular weight is 96.1 g/mol. The second-order valence-corrected chi connectivity index (χ2v) is 0.948. The topological polar surface area (TPSA) is 26.3 Å². The summed E-state index contributed by atoms with van der Waals surface area (Å²) in [5.41, 5.74) is 0. The first-order valence-electron chi connectivity index (χ1n) is 1.84. The fraction of sp³-hybridized carbons (Fsp3) is 0.750. The molecule has 3 heteroatoms. The number of aldehydes is 1. The molecule has 0 bridgehead atoms. The van der Waals surface area contributed by atoms with Crippen LogP contribution in [0.15, 0.2) is 0 Å². The van der Waals surface area contributed by atoms with E-state index in [9.17, 15) is 4.79 Å². The number of hydrogen-bond donors (Lipinski definition) is 0. The summed E-state index contributed by atoms with van der Waals surface area (Å²) >= 11 is 0. The summed E-state index contributed by atoms with van der Waals surface area (Å²) in [7, 11) is 1.57. The molecule has 0 aromatic carbocycles. The quantitative estimate of drug-likeness (QED) is 0.271. The molecule has 0 heterocycles. The summed E-state index contributed by atoms with van der Waals surface area (Å²) in [6.07, 6.45) is 1.35. The van der Waals surface area contributed by atoms with Crippen molar-refractivity contribution in [3.8, 4) is 0 Å². The predicted octanol–water partition coefficient (Wildman–Crippen LogP) is -0.427. The average Bonchev–Trinajstić information content (AvgIpc) is 1.61. The monoisotopic (exact) mass is 96.1 g/mol. The Kier molecular flexibility index (Phi) is 14.0. The normalized spacial score (nSPS) is 7.00. The van der Waals surface area contributed by atoms with Crippen LogP contribution in [-0.2, 0) is 9.53 Å². The van der Waals surface area contributed by atoms with E-state index in [0.717, 1.165) is 6.29 Å². The van der Waals surface area contributed by atoms with Gasteiger partial charge in [-0.2, -0.15) is 0 Å². The molecule has 0 aliphatic carbocycles. The molecule has 0 aromatic rings. The third-order valence-corrected chi connectivity index (χ3v) is 0.440. The molecular formula is C4H9LiO2. The van der Waals surface area contributed by atoms with Gasteiger partial charge in [0, 0.05) is 13.5 Å². The van der Waals surface area contributed by atoms with Crippen LogP contribution in [0.3, 0.4) is 0 Å². The van der Waals surface area contributed by atoms with Crippen molar-refractivity contribution in [1.29, 1.82) is 0 Å². The van der Waals surface area contributed by atoms with E-state index >= 15 is 0 Å². The molecular weight excluding hydrogens is 87.0 g/mol. The molecule has 0 spiro atoms. The number of carbonyl (C=O) groups is 1. The van der Waals surface area contributed by atoms with Crippen molar-refractivity contribution in [1.82, 2.24) is 0 Å². The first-order valence-corrected chi connectivity index (χ1v) is 1.84. The molecule has 0 rings (SSSR count). The van der Waals surface area contributed by atoms with Gasteiger partial charge in [0.05, 0.1) is 6.61 Å². The summed E-state index contributed by atoms with van der Waals surface area (Å²) in [5, 5.41) is 0. The summed E-state index contributed by atoms with van der Waals surface area (Å²) in [4.78, 5) is 9.48. The van der Waals surface area contributed by atoms with E-state index in [1.54, 1.807) is 7.11 Å². The Balaban J connectivity index is 0. The third-order valence-electron chi connectivity index (χ3n) is 0.440. The molecule has 0 aromatic heterocycles. The van der Waals surface area contributed by atoms with Gasteiger partial charge in [0.1, 0.15) is 6.29 Å². The Morgan fingerprint density at radius 1 is 1.71 bits per heavy atom. The van der Waals surface area contributed by atoms with E-state index in [1.807, 2.05) is 0 Å². The van der Waals surface area contributed by atoms with E-state index in [-0.39, 0.29) is 18.9 Å².